The first-order valence-corrected chi connectivity index (χ1v) is 8.56. The highest BCUT2D eigenvalue weighted by atomic mass is 15.2. The van der Waals surface area contributed by atoms with Crippen molar-refractivity contribution in [1.82, 2.24) is 4.98 Å². The molecular weight excluding hydrogens is 282 g/mol. The molecular formula is C20H23N3. The van der Waals surface area contributed by atoms with Gasteiger partial charge in [0.1, 0.15) is 17.5 Å². The van der Waals surface area contributed by atoms with E-state index in [1.54, 1.807) is 0 Å². The lowest BCUT2D eigenvalue weighted by molar-refractivity contribution is 0.666. The Labute approximate surface area is 138 Å². The maximum absolute atomic E-state index is 9.89. The predicted molar refractivity (Wildman–Crippen MR) is 94.6 cm³/mol. The first-order chi connectivity index (χ1) is 11.3. The van der Waals surface area contributed by atoms with Crippen LogP contribution in [0.5, 0.6) is 0 Å². The Morgan fingerprint density at radius 3 is 2.43 bits per heavy atom. The molecule has 0 atom stereocenters. The van der Waals surface area contributed by atoms with E-state index < -0.39 is 0 Å². The minimum absolute atomic E-state index is 0.737. The second kappa shape index (κ2) is 6.83. The largest absolute Gasteiger partial charge is 0.356 e. The SMILES string of the molecule is CCN(CC)c1nc2c(c(-c3ccccc3)c1C#N)CCCC2. The van der Waals surface area contributed by atoms with Gasteiger partial charge in [-0.1, -0.05) is 30.3 Å². The molecule has 3 heteroatoms. The number of anilines is 1. The van der Waals surface area contributed by atoms with E-state index >= 15 is 0 Å². The Bertz CT molecular complexity index is 725. The van der Waals surface area contributed by atoms with E-state index in [4.69, 9.17) is 4.98 Å². The van der Waals surface area contributed by atoms with E-state index in [0.29, 0.717) is 0 Å². The Balaban J connectivity index is 2.31. The molecule has 1 aliphatic carbocycles. The van der Waals surface area contributed by atoms with Crippen LogP contribution in [-0.2, 0) is 12.8 Å². The monoisotopic (exact) mass is 305 g/mol. The minimum atomic E-state index is 0.737. The minimum Gasteiger partial charge on any atom is -0.356 e. The highest BCUT2D eigenvalue weighted by molar-refractivity contribution is 5.80. The third-order valence-electron chi connectivity index (χ3n) is 4.69. The number of rotatable bonds is 4. The zero-order valence-corrected chi connectivity index (χ0v) is 14.0. The molecule has 0 amide bonds. The summed E-state index contributed by atoms with van der Waals surface area (Å²) in [6, 6.07) is 12.8. The number of nitrogens with zero attached hydrogens (tertiary/aromatic N) is 3. The van der Waals surface area contributed by atoms with Crippen molar-refractivity contribution in [2.24, 2.45) is 0 Å². The molecule has 0 bridgehead atoms. The lowest BCUT2D eigenvalue weighted by Gasteiger charge is -2.27. The summed E-state index contributed by atoms with van der Waals surface area (Å²) in [5.41, 5.74) is 5.46. The third kappa shape index (κ3) is 2.82. The molecule has 1 aromatic heterocycles. The van der Waals surface area contributed by atoms with Gasteiger partial charge in [0.2, 0.25) is 0 Å². The Morgan fingerprint density at radius 1 is 1.09 bits per heavy atom. The highest BCUT2D eigenvalue weighted by Gasteiger charge is 2.24. The Kier molecular flexibility index (Phi) is 4.62. The van der Waals surface area contributed by atoms with Gasteiger partial charge in [-0.15, -0.1) is 0 Å². The van der Waals surface area contributed by atoms with Crippen molar-refractivity contribution in [2.75, 3.05) is 18.0 Å². The summed E-state index contributed by atoms with van der Waals surface area (Å²) >= 11 is 0. The number of aryl methyl sites for hydroxylation is 1. The molecule has 23 heavy (non-hydrogen) atoms. The summed E-state index contributed by atoms with van der Waals surface area (Å²) in [5.74, 6) is 0.858. The van der Waals surface area contributed by atoms with Crippen LogP contribution in [0.3, 0.4) is 0 Å². The Hall–Kier alpha value is -2.34. The lowest BCUT2D eigenvalue weighted by atomic mass is 9.86. The van der Waals surface area contributed by atoms with E-state index in [2.05, 4.69) is 36.9 Å². The molecule has 0 radical (unpaired) electrons. The van der Waals surface area contributed by atoms with E-state index in [-0.39, 0.29) is 0 Å². The van der Waals surface area contributed by atoms with Crippen LogP contribution in [0.15, 0.2) is 30.3 Å². The summed E-state index contributed by atoms with van der Waals surface area (Å²) in [6.07, 6.45) is 4.43. The summed E-state index contributed by atoms with van der Waals surface area (Å²) in [6.45, 7) is 5.97. The van der Waals surface area contributed by atoms with Crippen molar-refractivity contribution in [2.45, 2.75) is 39.5 Å². The zero-order valence-electron chi connectivity index (χ0n) is 14.0. The van der Waals surface area contributed by atoms with Gasteiger partial charge in [-0.05, 0) is 50.7 Å². The fourth-order valence-electron chi connectivity index (χ4n) is 3.51. The molecule has 0 aliphatic heterocycles. The average Bonchev–Trinajstić information content (AvgIpc) is 2.62. The molecule has 118 valence electrons. The van der Waals surface area contributed by atoms with Gasteiger partial charge in [-0.3, -0.25) is 0 Å². The van der Waals surface area contributed by atoms with Crippen LogP contribution in [0.4, 0.5) is 5.82 Å². The topological polar surface area (TPSA) is 39.9 Å². The van der Waals surface area contributed by atoms with Crippen LogP contribution in [0.1, 0.15) is 43.5 Å². The Morgan fingerprint density at radius 2 is 1.78 bits per heavy atom. The van der Waals surface area contributed by atoms with Crippen molar-refractivity contribution < 1.29 is 0 Å². The molecule has 1 aromatic carbocycles. The van der Waals surface area contributed by atoms with Crippen molar-refractivity contribution in [3.63, 3.8) is 0 Å². The van der Waals surface area contributed by atoms with E-state index in [1.165, 1.54) is 24.1 Å². The molecule has 0 saturated carbocycles. The van der Waals surface area contributed by atoms with Crippen molar-refractivity contribution in [3.8, 4) is 17.2 Å². The number of pyridine rings is 1. The second-order valence-electron chi connectivity index (χ2n) is 5.97. The summed E-state index contributed by atoms with van der Waals surface area (Å²) < 4.78 is 0. The number of fused-ring (bicyclic) bond motifs is 1. The van der Waals surface area contributed by atoms with Gasteiger partial charge >= 0.3 is 0 Å². The summed E-state index contributed by atoms with van der Waals surface area (Å²) in [7, 11) is 0. The quantitative estimate of drug-likeness (QED) is 0.843. The maximum Gasteiger partial charge on any atom is 0.147 e. The third-order valence-corrected chi connectivity index (χ3v) is 4.69. The molecule has 1 heterocycles. The summed E-state index contributed by atoms with van der Waals surface area (Å²) in [4.78, 5) is 7.11. The van der Waals surface area contributed by atoms with Gasteiger partial charge in [0, 0.05) is 24.3 Å². The smallest absolute Gasteiger partial charge is 0.147 e. The first kappa shape index (κ1) is 15.6. The van der Waals surface area contributed by atoms with Crippen LogP contribution in [0, 0.1) is 11.3 Å². The fraction of sp³-hybridized carbons (Fsp3) is 0.400. The lowest BCUT2D eigenvalue weighted by Crippen LogP contribution is -2.26. The zero-order chi connectivity index (χ0) is 16.2. The normalized spacial score (nSPS) is 13.3. The van der Waals surface area contributed by atoms with Crippen LogP contribution < -0.4 is 4.90 Å². The molecule has 1 aliphatic rings. The van der Waals surface area contributed by atoms with Crippen molar-refractivity contribution in [3.05, 3.63) is 47.2 Å². The van der Waals surface area contributed by atoms with Crippen LogP contribution >= 0.6 is 0 Å². The van der Waals surface area contributed by atoms with Crippen molar-refractivity contribution >= 4 is 5.82 Å². The van der Waals surface area contributed by atoms with E-state index in [9.17, 15) is 5.26 Å². The molecule has 2 aromatic rings. The van der Waals surface area contributed by atoms with Crippen LogP contribution in [0.2, 0.25) is 0 Å². The van der Waals surface area contributed by atoms with Crippen molar-refractivity contribution in [1.29, 1.82) is 5.26 Å². The summed E-state index contributed by atoms with van der Waals surface area (Å²) in [5, 5.41) is 9.89. The molecule has 3 nitrogen and oxygen atoms in total. The van der Waals surface area contributed by atoms with Gasteiger partial charge in [-0.25, -0.2) is 4.98 Å². The second-order valence-corrected chi connectivity index (χ2v) is 5.97. The average molecular weight is 305 g/mol. The number of hydrogen-bond donors (Lipinski definition) is 0. The number of benzene rings is 1. The van der Waals surface area contributed by atoms with Gasteiger partial charge < -0.3 is 4.90 Å². The molecule has 3 rings (SSSR count). The van der Waals surface area contributed by atoms with Gasteiger partial charge in [0.05, 0.1) is 0 Å². The molecule has 0 fully saturated rings. The standard InChI is InChI=1S/C20H23N3/c1-3-23(4-2)20-17(14-21)19(15-10-6-5-7-11-15)16-12-8-9-13-18(16)22-20/h5-7,10-11H,3-4,8-9,12-13H2,1-2H3. The van der Waals surface area contributed by atoms with Crippen LogP contribution in [-0.4, -0.2) is 18.1 Å². The van der Waals surface area contributed by atoms with Gasteiger partial charge in [0.25, 0.3) is 0 Å². The fourth-order valence-corrected chi connectivity index (χ4v) is 3.51. The predicted octanol–water partition coefficient (Wildman–Crippen LogP) is 4.35. The van der Waals surface area contributed by atoms with E-state index in [1.807, 2.05) is 18.2 Å². The number of hydrogen-bond acceptors (Lipinski definition) is 3. The van der Waals surface area contributed by atoms with Gasteiger partial charge in [0.15, 0.2) is 0 Å². The van der Waals surface area contributed by atoms with Gasteiger partial charge in [-0.2, -0.15) is 5.26 Å². The first-order valence-electron chi connectivity index (χ1n) is 8.56. The van der Waals surface area contributed by atoms with Crippen LogP contribution in [0.25, 0.3) is 11.1 Å². The number of nitriles is 1. The number of aromatic nitrogens is 1. The molecule has 0 N–H and O–H groups in total. The molecule has 0 saturated heterocycles. The maximum atomic E-state index is 9.89. The highest BCUT2D eigenvalue weighted by Crippen LogP contribution is 2.37. The molecule has 0 spiro atoms. The van der Waals surface area contributed by atoms with E-state index in [0.717, 1.165) is 48.4 Å². The molecule has 0 unspecified atom stereocenters.